The summed E-state index contributed by atoms with van der Waals surface area (Å²) in [4.78, 5) is 14.4. The maximum Gasteiger partial charge on any atom is 0.254 e. The Kier molecular flexibility index (Phi) is 4.49. The van der Waals surface area contributed by atoms with Crippen molar-refractivity contribution in [2.45, 2.75) is 39.5 Å². The van der Waals surface area contributed by atoms with E-state index >= 15 is 0 Å². The molecule has 0 saturated carbocycles. The molecule has 1 heterocycles. The molecule has 23 heavy (non-hydrogen) atoms. The fourth-order valence-electron chi connectivity index (χ4n) is 3.11. The first-order chi connectivity index (χ1) is 11.0. The molecule has 1 aliphatic heterocycles. The Bertz CT molecular complexity index is 694. The molecule has 0 bridgehead atoms. The van der Waals surface area contributed by atoms with Crippen LogP contribution in [0, 0.1) is 5.92 Å². The molecule has 1 atom stereocenters. The number of aliphatic hydroxyl groups excluding tert-OH is 1. The van der Waals surface area contributed by atoms with Crippen LogP contribution in [0.1, 0.15) is 53.4 Å². The van der Waals surface area contributed by atoms with Crippen molar-refractivity contribution in [2.75, 3.05) is 0 Å². The molecule has 2 aromatic rings. The number of hydrogen-bond donors (Lipinski definition) is 1. The lowest BCUT2D eigenvalue weighted by Gasteiger charge is -2.15. The van der Waals surface area contributed by atoms with Gasteiger partial charge in [-0.2, -0.15) is 0 Å². The van der Waals surface area contributed by atoms with Crippen molar-refractivity contribution in [1.82, 2.24) is 4.90 Å². The Hall–Kier alpha value is -2.13. The Morgan fingerprint density at radius 2 is 1.78 bits per heavy atom. The molecule has 1 N–H and O–H groups in total. The zero-order chi connectivity index (χ0) is 16.4. The predicted octanol–water partition coefficient (Wildman–Crippen LogP) is 3.92. The van der Waals surface area contributed by atoms with Crippen molar-refractivity contribution in [3.63, 3.8) is 0 Å². The highest BCUT2D eigenvalue weighted by atomic mass is 16.3. The number of rotatable bonds is 4. The number of hydrogen-bond acceptors (Lipinski definition) is 2. The van der Waals surface area contributed by atoms with E-state index in [1.165, 1.54) is 5.56 Å². The summed E-state index contributed by atoms with van der Waals surface area (Å²) in [5.74, 6) is 0.514. The van der Waals surface area contributed by atoms with E-state index in [2.05, 4.69) is 19.9 Å². The highest BCUT2D eigenvalue weighted by Crippen LogP contribution is 2.29. The first-order valence-electron chi connectivity index (χ1n) is 8.18. The minimum atomic E-state index is -0.431. The monoisotopic (exact) mass is 309 g/mol. The van der Waals surface area contributed by atoms with Gasteiger partial charge in [0.25, 0.3) is 5.91 Å². The van der Waals surface area contributed by atoms with E-state index in [9.17, 15) is 9.90 Å². The topological polar surface area (TPSA) is 40.5 Å². The van der Waals surface area contributed by atoms with E-state index in [1.54, 1.807) is 0 Å². The first-order valence-corrected chi connectivity index (χ1v) is 8.18. The van der Waals surface area contributed by atoms with Gasteiger partial charge in [0, 0.05) is 18.7 Å². The molecular formula is C20H23NO2. The largest absolute Gasteiger partial charge is 0.388 e. The van der Waals surface area contributed by atoms with Crippen LogP contribution >= 0.6 is 0 Å². The van der Waals surface area contributed by atoms with Crippen molar-refractivity contribution in [1.29, 1.82) is 0 Å². The maximum atomic E-state index is 12.6. The molecule has 120 valence electrons. The molecule has 1 aliphatic rings. The average molecular weight is 309 g/mol. The highest BCUT2D eigenvalue weighted by molar-refractivity contribution is 5.94. The maximum absolute atomic E-state index is 12.6. The molecule has 2 aromatic carbocycles. The van der Waals surface area contributed by atoms with Crippen molar-refractivity contribution >= 4 is 5.91 Å². The number of amides is 1. The van der Waals surface area contributed by atoms with Gasteiger partial charge in [0.2, 0.25) is 0 Å². The van der Waals surface area contributed by atoms with Gasteiger partial charge in [-0.3, -0.25) is 4.79 Å². The van der Waals surface area contributed by atoms with Gasteiger partial charge in [-0.05, 0) is 41.2 Å². The molecule has 0 aliphatic carbocycles. The van der Waals surface area contributed by atoms with E-state index in [0.717, 1.165) is 23.1 Å². The van der Waals surface area contributed by atoms with Crippen LogP contribution in [0.4, 0.5) is 0 Å². The molecule has 3 nitrogen and oxygen atoms in total. The van der Waals surface area contributed by atoms with Crippen LogP contribution in [0.5, 0.6) is 0 Å². The third-order valence-corrected chi connectivity index (χ3v) is 4.34. The summed E-state index contributed by atoms with van der Waals surface area (Å²) in [6, 6.07) is 15.5. The predicted molar refractivity (Wildman–Crippen MR) is 90.9 cm³/mol. The van der Waals surface area contributed by atoms with Gasteiger partial charge in [0.1, 0.15) is 0 Å². The van der Waals surface area contributed by atoms with Crippen molar-refractivity contribution in [3.05, 3.63) is 70.8 Å². The summed E-state index contributed by atoms with van der Waals surface area (Å²) in [6.07, 6.45) is 0.324. The number of carbonyl (C=O) groups is 1. The van der Waals surface area contributed by atoms with Gasteiger partial charge in [0.05, 0.1) is 6.10 Å². The van der Waals surface area contributed by atoms with Crippen LogP contribution in [-0.4, -0.2) is 15.9 Å². The fourth-order valence-corrected chi connectivity index (χ4v) is 3.11. The average Bonchev–Trinajstić information content (AvgIpc) is 2.97. The fraction of sp³-hybridized carbons (Fsp3) is 0.350. The van der Waals surface area contributed by atoms with Crippen LogP contribution in [0.25, 0.3) is 0 Å². The van der Waals surface area contributed by atoms with E-state index in [0.29, 0.717) is 19.0 Å². The smallest absolute Gasteiger partial charge is 0.254 e. The molecule has 0 saturated heterocycles. The quantitative estimate of drug-likeness (QED) is 0.930. The summed E-state index contributed by atoms with van der Waals surface area (Å²) in [7, 11) is 0. The van der Waals surface area contributed by atoms with E-state index in [1.807, 2.05) is 47.4 Å². The molecule has 1 unspecified atom stereocenters. The van der Waals surface area contributed by atoms with Crippen molar-refractivity contribution < 1.29 is 9.90 Å². The second-order valence-corrected chi connectivity index (χ2v) is 6.70. The van der Waals surface area contributed by atoms with Crippen LogP contribution in [0.3, 0.4) is 0 Å². The second-order valence-electron chi connectivity index (χ2n) is 6.70. The van der Waals surface area contributed by atoms with Gasteiger partial charge in [-0.1, -0.05) is 50.2 Å². The van der Waals surface area contributed by atoms with Gasteiger partial charge in [-0.25, -0.2) is 0 Å². The van der Waals surface area contributed by atoms with E-state index in [-0.39, 0.29) is 5.91 Å². The van der Waals surface area contributed by atoms with Gasteiger partial charge >= 0.3 is 0 Å². The minimum absolute atomic E-state index is 0.0612. The lowest BCUT2D eigenvalue weighted by Crippen LogP contribution is -2.25. The summed E-state index contributed by atoms with van der Waals surface area (Å²) in [6.45, 7) is 5.47. The zero-order valence-corrected chi connectivity index (χ0v) is 13.7. The lowest BCUT2D eigenvalue weighted by atomic mass is 9.97. The summed E-state index contributed by atoms with van der Waals surface area (Å²) in [5.41, 5.74) is 4.00. The molecule has 0 radical (unpaired) electrons. The van der Waals surface area contributed by atoms with Gasteiger partial charge in [0.15, 0.2) is 0 Å². The number of carbonyl (C=O) groups excluding carboxylic acids is 1. The Morgan fingerprint density at radius 3 is 2.48 bits per heavy atom. The number of fused-ring (bicyclic) bond motifs is 1. The molecule has 1 amide bonds. The van der Waals surface area contributed by atoms with Crippen LogP contribution in [0.2, 0.25) is 0 Å². The third-order valence-electron chi connectivity index (χ3n) is 4.34. The Labute approximate surface area is 137 Å². The minimum Gasteiger partial charge on any atom is -0.388 e. The molecule has 3 rings (SSSR count). The number of benzene rings is 2. The normalized spacial score (nSPS) is 14.9. The third kappa shape index (κ3) is 3.45. The molecule has 0 aromatic heterocycles. The van der Waals surface area contributed by atoms with Crippen LogP contribution in [0.15, 0.2) is 48.5 Å². The van der Waals surface area contributed by atoms with Crippen LogP contribution < -0.4 is 0 Å². The Morgan fingerprint density at radius 1 is 1.09 bits per heavy atom. The lowest BCUT2D eigenvalue weighted by molar-refractivity contribution is 0.0751. The van der Waals surface area contributed by atoms with Crippen molar-refractivity contribution in [3.8, 4) is 0 Å². The highest BCUT2D eigenvalue weighted by Gasteiger charge is 2.25. The van der Waals surface area contributed by atoms with E-state index in [4.69, 9.17) is 0 Å². The number of nitrogens with zero attached hydrogens (tertiary/aromatic N) is 1. The molecule has 0 spiro atoms. The molecular weight excluding hydrogens is 286 g/mol. The summed E-state index contributed by atoms with van der Waals surface area (Å²) < 4.78 is 0. The van der Waals surface area contributed by atoms with Gasteiger partial charge in [-0.15, -0.1) is 0 Å². The zero-order valence-electron chi connectivity index (χ0n) is 13.7. The van der Waals surface area contributed by atoms with Crippen LogP contribution in [-0.2, 0) is 13.1 Å². The van der Waals surface area contributed by atoms with E-state index < -0.39 is 6.10 Å². The van der Waals surface area contributed by atoms with Gasteiger partial charge < -0.3 is 10.0 Å². The first kappa shape index (κ1) is 15.8. The molecule has 3 heteroatoms. The molecule has 0 fully saturated rings. The SMILES string of the molecule is CC(C)CC(O)c1ccc2c(c1)CN(C(=O)c1ccccc1)C2. The second kappa shape index (κ2) is 6.55. The Balaban J connectivity index is 1.75. The van der Waals surface area contributed by atoms with Crippen molar-refractivity contribution in [2.24, 2.45) is 5.92 Å². The summed E-state index contributed by atoms with van der Waals surface area (Å²) in [5, 5.41) is 10.3. The number of aliphatic hydroxyl groups is 1. The standard InChI is InChI=1S/C20H23NO2/c1-14(2)10-19(22)16-8-9-17-12-21(13-18(17)11-16)20(23)15-6-4-3-5-7-15/h3-9,11,14,19,22H,10,12-13H2,1-2H3. The summed E-state index contributed by atoms with van der Waals surface area (Å²) >= 11 is 0.